The Labute approximate surface area is 134 Å². The quantitative estimate of drug-likeness (QED) is 0.763. The van der Waals surface area contributed by atoms with Gasteiger partial charge < -0.3 is 15.2 Å². The highest BCUT2D eigenvalue weighted by Crippen LogP contribution is 2.23. The Hall–Kier alpha value is -1.10. The maximum Gasteiger partial charge on any atom is 0.365 e. The van der Waals surface area contributed by atoms with Crippen LogP contribution in [0.4, 0.5) is 0 Å². The fraction of sp³-hybridized carbons (Fsp3) is 0.882. The van der Waals surface area contributed by atoms with Crippen LogP contribution in [0.15, 0.2) is 0 Å². The van der Waals surface area contributed by atoms with Crippen LogP contribution < -0.4 is 5.73 Å². The van der Waals surface area contributed by atoms with Crippen molar-refractivity contribution in [3.63, 3.8) is 0 Å². The van der Waals surface area contributed by atoms with Crippen LogP contribution in [0.5, 0.6) is 0 Å². The monoisotopic (exact) mass is 316 g/mol. The smallest absolute Gasteiger partial charge is 0.365 e. The van der Waals surface area contributed by atoms with E-state index < -0.39 is 6.04 Å². The molecule has 0 aromatic carbocycles. The maximum absolute atomic E-state index is 12.0. The molecule has 0 rings (SSSR count). The summed E-state index contributed by atoms with van der Waals surface area (Å²) < 4.78 is 10.8. The van der Waals surface area contributed by atoms with Crippen molar-refractivity contribution in [1.82, 2.24) is 0 Å². The number of hydrogen-bond donors (Lipinski definition) is 1. The van der Waals surface area contributed by atoms with E-state index in [1.54, 1.807) is 0 Å². The predicted molar refractivity (Wildman–Crippen MR) is 85.9 cm³/mol. The second-order valence-electron chi connectivity index (χ2n) is 8.18. The highest BCUT2D eigenvalue weighted by atomic mass is 16.5. The standard InChI is InChI=1S/C17H33NO4/c1-11(16(3,4)5)21-14(19)10-9-13(18)15(20)22-12(2)17(6,7)8/h11-13H,9-10,18H2,1-8H3/p+1/t11-,12-,13-/m1/s1. The van der Waals surface area contributed by atoms with Crippen LogP contribution in [0.25, 0.3) is 0 Å². The van der Waals surface area contributed by atoms with Crippen LogP contribution in [0, 0.1) is 10.8 Å². The van der Waals surface area contributed by atoms with Gasteiger partial charge in [-0.2, -0.15) is 0 Å². The summed E-state index contributed by atoms with van der Waals surface area (Å²) in [4.78, 5) is 23.8. The Morgan fingerprint density at radius 3 is 1.73 bits per heavy atom. The Morgan fingerprint density at radius 1 is 0.909 bits per heavy atom. The van der Waals surface area contributed by atoms with E-state index in [-0.39, 0.29) is 41.4 Å². The fourth-order valence-electron chi connectivity index (χ4n) is 1.29. The van der Waals surface area contributed by atoms with Gasteiger partial charge in [-0.05, 0) is 24.7 Å². The minimum absolute atomic E-state index is 0.0966. The summed E-state index contributed by atoms with van der Waals surface area (Å²) in [7, 11) is 0. The highest BCUT2D eigenvalue weighted by Gasteiger charge is 2.29. The van der Waals surface area contributed by atoms with Crippen LogP contribution in [0.3, 0.4) is 0 Å². The van der Waals surface area contributed by atoms with Crippen molar-refractivity contribution in [2.75, 3.05) is 0 Å². The molecule has 0 aromatic rings. The molecule has 3 atom stereocenters. The molecule has 5 nitrogen and oxygen atoms in total. The van der Waals surface area contributed by atoms with E-state index in [4.69, 9.17) is 9.47 Å². The SMILES string of the molecule is C[C@@H](OC(=O)CC[C@@H]([NH3+])C(=O)O[C@H](C)C(C)(C)C)C(C)(C)C. The molecule has 22 heavy (non-hydrogen) atoms. The van der Waals surface area contributed by atoms with Crippen molar-refractivity contribution >= 4 is 11.9 Å². The zero-order chi connectivity index (χ0) is 17.7. The van der Waals surface area contributed by atoms with Gasteiger partial charge in [0.15, 0.2) is 6.04 Å². The number of ether oxygens (including phenoxy) is 2. The minimum Gasteiger partial charge on any atom is -0.462 e. The van der Waals surface area contributed by atoms with Crippen LogP contribution in [-0.2, 0) is 19.1 Å². The van der Waals surface area contributed by atoms with Crippen molar-refractivity contribution in [3.8, 4) is 0 Å². The van der Waals surface area contributed by atoms with Crippen LogP contribution >= 0.6 is 0 Å². The van der Waals surface area contributed by atoms with Gasteiger partial charge in [0.25, 0.3) is 0 Å². The van der Waals surface area contributed by atoms with Gasteiger partial charge in [0.05, 0.1) is 6.42 Å². The molecule has 0 aliphatic rings. The van der Waals surface area contributed by atoms with E-state index in [0.717, 1.165) is 0 Å². The molecule has 0 spiro atoms. The summed E-state index contributed by atoms with van der Waals surface area (Å²) in [5.41, 5.74) is 3.58. The average molecular weight is 316 g/mol. The Balaban J connectivity index is 4.25. The summed E-state index contributed by atoms with van der Waals surface area (Å²) in [6.45, 7) is 15.8. The van der Waals surface area contributed by atoms with Crippen molar-refractivity contribution < 1.29 is 24.8 Å². The third-order valence-electron chi connectivity index (χ3n) is 4.07. The molecule has 0 radical (unpaired) electrons. The van der Waals surface area contributed by atoms with Crippen molar-refractivity contribution in [3.05, 3.63) is 0 Å². The van der Waals surface area contributed by atoms with Gasteiger partial charge in [0.2, 0.25) is 0 Å². The highest BCUT2D eigenvalue weighted by molar-refractivity contribution is 5.76. The largest absolute Gasteiger partial charge is 0.462 e. The van der Waals surface area contributed by atoms with Gasteiger partial charge >= 0.3 is 11.9 Å². The second-order valence-corrected chi connectivity index (χ2v) is 8.18. The first-order chi connectivity index (χ1) is 9.75. The van der Waals surface area contributed by atoms with Crippen molar-refractivity contribution in [2.45, 2.75) is 86.5 Å². The van der Waals surface area contributed by atoms with Crippen LogP contribution in [0.2, 0.25) is 0 Å². The van der Waals surface area contributed by atoms with Crippen molar-refractivity contribution in [2.24, 2.45) is 10.8 Å². The summed E-state index contributed by atoms with van der Waals surface area (Å²) >= 11 is 0. The topological polar surface area (TPSA) is 80.2 Å². The molecule has 0 unspecified atom stereocenters. The zero-order valence-electron chi connectivity index (χ0n) is 15.5. The van der Waals surface area contributed by atoms with E-state index in [1.807, 2.05) is 55.4 Å². The number of esters is 2. The lowest BCUT2D eigenvalue weighted by atomic mass is 9.90. The molecule has 130 valence electrons. The van der Waals surface area contributed by atoms with E-state index in [0.29, 0.717) is 6.42 Å². The molecular formula is C17H34NO4+. The molecule has 0 aliphatic carbocycles. The molecule has 0 aromatic heterocycles. The van der Waals surface area contributed by atoms with Gasteiger partial charge in [0, 0.05) is 6.42 Å². The molecule has 5 heteroatoms. The molecule has 0 saturated carbocycles. The Morgan fingerprint density at radius 2 is 1.32 bits per heavy atom. The van der Waals surface area contributed by atoms with E-state index >= 15 is 0 Å². The molecule has 0 fully saturated rings. The normalized spacial score (nSPS) is 16.6. The van der Waals surface area contributed by atoms with E-state index in [9.17, 15) is 9.59 Å². The first-order valence-electron chi connectivity index (χ1n) is 7.98. The lowest BCUT2D eigenvalue weighted by Crippen LogP contribution is -2.65. The van der Waals surface area contributed by atoms with Crippen LogP contribution in [0.1, 0.15) is 68.2 Å². The fourth-order valence-corrected chi connectivity index (χ4v) is 1.29. The molecule has 0 aliphatic heterocycles. The molecule has 3 N–H and O–H groups in total. The lowest BCUT2D eigenvalue weighted by Gasteiger charge is -2.27. The summed E-state index contributed by atoms with van der Waals surface area (Å²) in [6, 6.07) is -0.553. The maximum atomic E-state index is 12.0. The average Bonchev–Trinajstić information content (AvgIpc) is 2.33. The van der Waals surface area contributed by atoms with E-state index in [2.05, 4.69) is 5.73 Å². The zero-order valence-corrected chi connectivity index (χ0v) is 15.5. The van der Waals surface area contributed by atoms with Gasteiger partial charge in [-0.3, -0.25) is 4.79 Å². The first-order valence-corrected chi connectivity index (χ1v) is 7.98. The van der Waals surface area contributed by atoms with Gasteiger partial charge in [-0.25, -0.2) is 4.79 Å². The number of quaternary nitrogens is 1. The van der Waals surface area contributed by atoms with Crippen molar-refractivity contribution in [1.29, 1.82) is 0 Å². The van der Waals surface area contributed by atoms with Gasteiger partial charge in [0.1, 0.15) is 12.2 Å². The summed E-state index contributed by atoms with van der Waals surface area (Å²) in [5.74, 6) is -0.660. The Bertz CT molecular complexity index is 379. The third-order valence-corrected chi connectivity index (χ3v) is 4.07. The second kappa shape index (κ2) is 7.95. The molecule has 0 heterocycles. The number of hydrogen-bond acceptors (Lipinski definition) is 4. The molecule has 0 amide bonds. The third kappa shape index (κ3) is 7.78. The van der Waals surface area contributed by atoms with Gasteiger partial charge in [-0.1, -0.05) is 41.5 Å². The lowest BCUT2D eigenvalue weighted by molar-refractivity contribution is -0.410. The first kappa shape index (κ1) is 20.9. The molecular weight excluding hydrogens is 282 g/mol. The number of rotatable bonds is 6. The molecule has 0 saturated heterocycles. The number of carbonyl (C=O) groups is 2. The number of carbonyl (C=O) groups excluding carboxylic acids is 2. The summed E-state index contributed by atoms with van der Waals surface area (Å²) in [5, 5.41) is 0. The van der Waals surface area contributed by atoms with E-state index in [1.165, 1.54) is 0 Å². The predicted octanol–water partition coefficient (Wildman–Crippen LogP) is 2.33. The van der Waals surface area contributed by atoms with Crippen LogP contribution in [-0.4, -0.2) is 30.2 Å². The Kier molecular flexibility index (Phi) is 7.55. The molecule has 0 bridgehead atoms. The summed E-state index contributed by atoms with van der Waals surface area (Å²) in [6.07, 6.45) is 0.146. The minimum atomic E-state index is -0.553. The van der Waals surface area contributed by atoms with Gasteiger partial charge in [-0.15, -0.1) is 0 Å².